The molecule has 0 spiro atoms. The van der Waals surface area contributed by atoms with Gasteiger partial charge in [-0.15, -0.1) is 0 Å². The van der Waals surface area contributed by atoms with Crippen molar-refractivity contribution in [3.8, 4) is 0 Å². The van der Waals surface area contributed by atoms with Crippen molar-refractivity contribution < 1.29 is 0 Å². The molecule has 0 bridgehead atoms. The molecule has 162 valence electrons. The lowest BCUT2D eigenvalue weighted by Gasteiger charge is -2.20. The van der Waals surface area contributed by atoms with E-state index in [1.165, 1.54) is 135 Å². The summed E-state index contributed by atoms with van der Waals surface area (Å²) in [5.74, 6) is 0. The summed E-state index contributed by atoms with van der Waals surface area (Å²) in [4.78, 5) is 2.67. The SMILES string of the molecule is CCCCC/C=C\CCCCCN(CC)CCCCCCCCCCCC. The first-order chi connectivity index (χ1) is 13.3. The average molecular weight is 380 g/mol. The maximum Gasteiger partial charge on any atom is -0.00189 e. The van der Waals surface area contributed by atoms with Crippen molar-refractivity contribution in [2.24, 2.45) is 0 Å². The van der Waals surface area contributed by atoms with Crippen LogP contribution in [-0.2, 0) is 0 Å². The van der Waals surface area contributed by atoms with Gasteiger partial charge in [-0.25, -0.2) is 0 Å². The Kier molecular flexibility index (Phi) is 23.5. The highest BCUT2D eigenvalue weighted by Crippen LogP contribution is 2.11. The fourth-order valence-corrected chi connectivity index (χ4v) is 3.77. The summed E-state index contributed by atoms with van der Waals surface area (Å²) in [5.41, 5.74) is 0. The Bertz CT molecular complexity index is 284. The first-order valence-electron chi connectivity index (χ1n) is 12.7. The molecular formula is C26H53N. The molecule has 0 aromatic rings. The Morgan fingerprint density at radius 2 is 0.815 bits per heavy atom. The van der Waals surface area contributed by atoms with Crippen LogP contribution in [0.4, 0.5) is 0 Å². The number of rotatable bonds is 22. The van der Waals surface area contributed by atoms with Gasteiger partial charge >= 0.3 is 0 Å². The standard InChI is InChI=1S/C26H53N/c1-4-7-9-11-13-15-17-19-21-23-25-27(6-3)26-24-22-20-18-16-14-12-10-8-5-2/h13,15H,4-12,14,16-26H2,1-3H3/b15-13-. The van der Waals surface area contributed by atoms with E-state index in [9.17, 15) is 0 Å². The molecule has 0 aliphatic rings. The van der Waals surface area contributed by atoms with Crippen LogP contribution in [0.2, 0.25) is 0 Å². The Labute approximate surface area is 173 Å². The van der Waals surface area contributed by atoms with Crippen LogP contribution >= 0.6 is 0 Å². The second-order valence-corrected chi connectivity index (χ2v) is 8.43. The zero-order valence-electron chi connectivity index (χ0n) is 19.5. The third kappa shape index (κ3) is 21.9. The lowest BCUT2D eigenvalue weighted by atomic mass is 10.1. The van der Waals surface area contributed by atoms with Gasteiger partial charge in [0.05, 0.1) is 0 Å². The third-order valence-corrected chi connectivity index (χ3v) is 5.76. The second kappa shape index (κ2) is 23.7. The van der Waals surface area contributed by atoms with Crippen molar-refractivity contribution in [1.29, 1.82) is 0 Å². The molecule has 1 nitrogen and oxygen atoms in total. The quantitative estimate of drug-likeness (QED) is 0.134. The minimum absolute atomic E-state index is 1.23. The Hall–Kier alpha value is -0.300. The lowest BCUT2D eigenvalue weighted by Crippen LogP contribution is -2.25. The molecule has 0 saturated carbocycles. The number of nitrogens with zero attached hydrogens (tertiary/aromatic N) is 1. The largest absolute Gasteiger partial charge is 0.304 e. The average Bonchev–Trinajstić information content (AvgIpc) is 2.69. The first kappa shape index (κ1) is 26.7. The van der Waals surface area contributed by atoms with Gasteiger partial charge in [0.15, 0.2) is 0 Å². The van der Waals surface area contributed by atoms with Crippen LogP contribution in [0.1, 0.15) is 136 Å². The van der Waals surface area contributed by atoms with Gasteiger partial charge in [0.2, 0.25) is 0 Å². The molecule has 0 unspecified atom stereocenters. The van der Waals surface area contributed by atoms with Gasteiger partial charge in [-0.3, -0.25) is 0 Å². The first-order valence-corrected chi connectivity index (χ1v) is 12.7. The molecule has 27 heavy (non-hydrogen) atoms. The smallest absolute Gasteiger partial charge is 0.00189 e. The fraction of sp³-hybridized carbons (Fsp3) is 0.923. The van der Waals surface area contributed by atoms with E-state index in [1.807, 2.05) is 0 Å². The summed E-state index contributed by atoms with van der Waals surface area (Å²) in [6.45, 7) is 10.8. The van der Waals surface area contributed by atoms with Crippen LogP contribution in [0.3, 0.4) is 0 Å². The van der Waals surface area contributed by atoms with Crippen LogP contribution < -0.4 is 0 Å². The number of hydrogen-bond acceptors (Lipinski definition) is 1. The van der Waals surface area contributed by atoms with Gasteiger partial charge in [-0.1, -0.05) is 110 Å². The van der Waals surface area contributed by atoms with Gasteiger partial charge in [-0.2, -0.15) is 0 Å². The predicted molar refractivity (Wildman–Crippen MR) is 126 cm³/mol. The zero-order chi connectivity index (χ0) is 19.8. The van der Waals surface area contributed by atoms with Gasteiger partial charge in [0, 0.05) is 0 Å². The minimum Gasteiger partial charge on any atom is -0.304 e. The number of unbranched alkanes of at least 4 members (excludes halogenated alkanes) is 15. The zero-order valence-corrected chi connectivity index (χ0v) is 19.5. The normalized spacial score (nSPS) is 11.9. The molecule has 0 rings (SSSR count). The highest BCUT2D eigenvalue weighted by molar-refractivity contribution is 4.81. The van der Waals surface area contributed by atoms with Crippen molar-refractivity contribution in [1.82, 2.24) is 4.90 Å². The molecule has 0 saturated heterocycles. The van der Waals surface area contributed by atoms with E-state index >= 15 is 0 Å². The Morgan fingerprint density at radius 1 is 0.444 bits per heavy atom. The van der Waals surface area contributed by atoms with Crippen LogP contribution in [0.5, 0.6) is 0 Å². The van der Waals surface area contributed by atoms with Crippen molar-refractivity contribution in [3.63, 3.8) is 0 Å². The molecule has 0 aliphatic carbocycles. The molecule has 0 radical (unpaired) electrons. The summed E-state index contributed by atoms with van der Waals surface area (Å²) >= 11 is 0. The molecular weight excluding hydrogens is 326 g/mol. The maximum absolute atomic E-state index is 2.67. The predicted octanol–water partition coefficient (Wildman–Crippen LogP) is 8.93. The molecule has 0 amide bonds. The van der Waals surface area contributed by atoms with Crippen LogP contribution in [0, 0.1) is 0 Å². The van der Waals surface area contributed by atoms with E-state index in [-0.39, 0.29) is 0 Å². The molecule has 0 N–H and O–H groups in total. The Morgan fingerprint density at radius 3 is 1.30 bits per heavy atom. The highest BCUT2D eigenvalue weighted by atomic mass is 15.1. The molecule has 0 heterocycles. The number of hydrogen-bond donors (Lipinski definition) is 0. The number of allylic oxidation sites excluding steroid dienone is 2. The highest BCUT2D eigenvalue weighted by Gasteiger charge is 2.01. The van der Waals surface area contributed by atoms with E-state index in [4.69, 9.17) is 0 Å². The minimum atomic E-state index is 1.23. The Balaban J connectivity index is 3.34. The van der Waals surface area contributed by atoms with Crippen molar-refractivity contribution in [2.45, 2.75) is 136 Å². The van der Waals surface area contributed by atoms with E-state index < -0.39 is 0 Å². The summed E-state index contributed by atoms with van der Waals surface area (Å²) in [6.07, 6.45) is 30.1. The van der Waals surface area contributed by atoms with Crippen molar-refractivity contribution >= 4 is 0 Å². The van der Waals surface area contributed by atoms with Gasteiger partial charge in [0.25, 0.3) is 0 Å². The van der Waals surface area contributed by atoms with E-state index in [1.54, 1.807) is 0 Å². The molecule has 0 aromatic heterocycles. The van der Waals surface area contributed by atoms with Gasteiger partial charge < -0.3 is 4.90 Å². The molecule has 0 atom stereocenters. The van der Waals surface area contributed by atoms with Crippen molar-refractivity contribution in [2.75, 3.05) is 19.6 Å². The van der Waals surface area contributed by atoms with Gasteiger partial charge in [0.1, 0.15) is 0 Å². The van der Waals surface area contributed by atoms with Crippen molar-refractivity contribution in [3.05, 3.63) is 12.2 Å². The lowest BCUT2D eigenvalue weighted by molar-refractivity contribution is 0.274. The van der Waals surface area contributed by atoms with Crippen LogP contribution in [0.25, 0.3) is 0 Å². The summed E-state index contributed by atoms with van der Waals surface area (Å²) in [7, 11) is 0. The fourth-order valence-electron chi connectivity index (χ4n) is 3.77. The third-order valence-electron chi connectivity index (χ3n) is 5.76. The van der Waals surface area contributed by atoms with E-state index in [0.717, 1.165) is 0 Å². The molecule has 0 aliphatic heterocycles. The summed E-state index contributed by atoms with van der Waals surface area (Å²) < 4.78 is 0. The van der Waals surface area contributed by atoms with E-state index in [2.05, 4.69) is 37.8 Å². The molecule has 0 aromatic carbocycles. The summed E-state index contributed by atoms with van der Waals surface area (Å²) in [6, 6.07) is 0. The maximum atomic E-state index is 2.67. The van der Waals surface area contributed by atoms with Crippen LogP contribution in [0.15, 0.2) is 12.2 Å². The van der Waals surface area contributed by atoms with Gasteiger partial charge in [-0.05, 0) is 58.2 Å². The monoisotopic (exact) mass is 379 g/mol. The second-order valence-electron chi connectivity index (χ2n) is 8.43. The van der Waals surface area contributed by atoms with Crippen LogP contribution in [-0.4, -0.2) is 24.5 Å². The molecule has 0 fully saturated rings. The van der Waals surface area contributed by atoms with E-state index in [0.29, 0.717) is 0 Å². The summed E-state index contributed by atoms with van der Waals surface area (Å²) in [5, 5.41) is 0. The molecule has 1 heteroatoms. The topological polar surface area (TPSA) is 3.24 Å².